The molecule has 1 aliphatic heterocycles. The fraction of sp³-hybridized carbons (Fsp3) is 0.391. The summed E-state index contributed by atoms with van der Waals surface area (Å²) < 4.78 is 39.1. The third kappa shape index (κ3) is 4.63. The van der Waals surface area contributed by atoms with Crippen molar-refractivity contribution in [2.75, 3.05) is 19.7 Å². The molecule has 0 N–H and O–H groups in total. The van der Waals surface area contributed by atoms with Gasteiger partial charge in [-0.25, -0.2) is 13.2 Å². The Hall–Kier alpha value is -2.91. The Labute approximate surface area is 186 Å². The molecular formula is C23H26N2O6S. The van der Waals surface area contributed by atoms with Gasteiger partial charge in [0.25, 0.3) is 0 Å². The molecule has 1 aliphatic rings. The van der Waals surface area contributed by atoms with Gasteiger partial charge in [-0.3, -0.25) is 9.36 Å². The third-order valence-corrected chi connectivity index (χ3v) is 7.71. The van der Waals surface area contributed by atoms with E-state index in [1.54, 1.807) is 6.92 Å². The number of rotatable bonds is 7. The summed E-state index contributed by atoms with van der Waals surface area (Å²) in [7, 11) is -3.71. The standard InChI is InChI=1S/C23H26N2O6S/c1-2-30-22(26)16-25-20-9-8-19(15-21(20)31-23(25)27)32(28,29)24-12-10-18(11-13-24)14-17-6-4-3-5-7-17/h3-9,15,18H,2,10-14,16H2,1H3. The summed E-state index contributed by atoms with van der Waals surface area (Å²) in [6.07, 6.45) is 2.53. The minimum Gasteiger partial charge on any atom is -0.465 e. The van der Waals surface area contributed by atoms with Crippen LogP contribution in [0.3, 0.4) is 0 Å². The van der Waals surface area contributed by atoms with E-state index in [2.05, 4.69) is 12.1 Å². The Morgan fingerprint density at radius 1 is 1.12 bits per heavy atom. The lowest BCUT2D eigenvalue weighted by molar-refractivity contribution is -0.143. The van der Waals surface area contributed by atoms with E-state index in [1.165, 1.54) is 28.1 Å². The second-order valence-electron chi connectivity index (χ2n) is 7.93. The van der Waals surface area contributed by atoms with Crippen LogP contribution < -0.4 is 5.76 Å². The molecule has 0 radical (unpaired) electrons. The second-order valence-corrected chi connectivity index (χ2v) is 9.86. The van der Waals surface area contributed by atoms with Gasteiger partial charge in [0.05, 0.1) is 17.0 Å². The van der Waals surface area contributed by atoms with Crippen LogP contribution in [0, 0.1) is 5.92 Å². The van der Waals surface area contributed by atoms with E-state index in [0.717, 1.165) is 23.8 Å². The number of hydrogen-bond donors (Lipinski definition) is 0. The monoisotopic (exact) mass is 458 g/mol. The Morgan fingerprint density at radius 2 is 1.84 bits per heavy atom. The van der Waals surface area contributed by atoms with E-state index >= 15 is 0 Å². The first kappa shape index (κ1) is 22.3. The summed E-state index contributed by atoms with van der Waals surface area (Å²) in [6, 6.07) is 14.5. The summed E-state index contributed by atoms with van der Waals surface area (Å²) in [5.41, 5.74) is 1.74. The van der Waals surface area contributed by atoms with E-state index in [1.807, 2.05) is 18.2 Å². The number of esters is 1. The van der Waals surface area contributed by atoms with Crippen LogP contribution in [-0.2, 0) is 32.5 Å². The number of benzene rings is 2. The van der Waals surface area contributed by atoms with Crippen molar-refractivity contribution in [1.29, 1.82) is 0 Å². The molecule has 0 atom stereocenters. The molecule has 32 heavy (non-hydrogen) atoms. The number of nitrogens with zero attached hydrogens (tertiary/aromatic N) is 2. The third-order valence-electron chi connectivity index (χ3n) is 5.81. The Balaban J connectivity index is 1.48. The molecule has 9 heteroatoms. The van der Waals surface area contributed by atoms with Crippen LogP contribution in [0.15, 0.2) is 62.6 Å². The van der Waals surface area contributed by atoms with E-state index in [-0.39, 0.29) is 23.6 Å². The number of sulfonamides is 1. The number of aromatic nitrogens is 1. The molecule has 0 saturated carbocycles. The molecular weight excluding hydrogens is 432 g/mol. The number of oxazole rings is 1. The quantitative estimate of drug-likeness (QED) is 0.505. The predicted molar refractivity (Wildman–Crippen MR) is 119 cm³/mol. The molecule has 1 fully saturated rings. The zero-order valence-corrected chi connectivity index (χ0v) is 18.7. The van der Waals surface area contributed by atoms with Crippen LogP contribution in [0.2, 0.25) is 0 Å². The summed E-state index contributed by atoms with van der Waals surface area (Å²) in [4.78, 5) is 24.0. The van der Waals surface area contributed by atoms with E-state index in [0.29, 0.717) is 24.5 Å². The maximum Gasteiger partial charge on any atom is 0.420 e. The highest BCUT2D eigenvalue weighted by Crippen LogP contribution is 2.27. The Kier molecular flexibility index (Phi) is 6.48. The second kappa shape index (κ2) is 9.30. The van der Waals surface area contributed by atoms with Crippen LogP contribution in [-0.4, -0.2) is 43.0 Å². The SMILES string of the molecule is CCOC(=O)Cn1c(=O)oc2cc(S(=O)(=O)N3CCC(Cc4ccccc4)CC3)ccc21. The van der Waals surface area contributed by atoms with Crippen LogP contribution in [0.4, 0.5) is 0 Å². The molecule has 4 rings (SSSR count). The van der Waals surface area contributed by atoms with Crippen molar-refractivity contribution in [3.05, 3.63) is 64.6 Å². The topological polar surface area (TPSA) is 98.8 Å². The van der Waals surface area contributed by atoms with Gasteiger partial charge in [-0.15, -0.1) is 0 Å². The van der Waals surface area contributed by atoms with Gasteiger partial charge in [-0.2, -0.15) is 4.31 Å². The van der Waals surface area contributed by atoms with Gasteiger partial charge in [-0.1, -0.05) is 30.3 Å². The first-order chi connectivity index (χ1) is 15.4. The van der Waals surface area contributed by atoms with Gasteiger partial charge in [0.2, 0.25) is 10.0 Å². The van der Waals surface area contributed by atoms with Gasteiger partial charge in [0.15, 0.2) is 5.58 Å². The summed E-state index contributed by atoms with van der Waals surface area (Å²) in [5, 5.41) is 0. The number of ether oxygens (including phenoxy) is 1. The zero-order valence-electron chi connectivity index (χ0n) is 17.9. The molecule has 0 aliphatic carbocycles. The number of carbonyl (C=O) groups excluding carboxylic acids is 1. The largest absolute Gasteiger partial charge is 0.465 e. The number of piperidine rings is 1. The molecule has 170 valence electrons. The molecule has 1 saturated heterocycles. The van der Waals surface area contributed by atoms with Gasteiger partial charge in [0, 0.05) is 19.2 Å². The van der Waals surface area contributed by atoms with E-state index in [9.17, 15) is 18.0 Å². The number of hydrogen-bond acceptors (Lipinski definition) is 6. The molecule has 0 amide bonds. The van der Waals surface area contributed by atoms with E-state index < -0.39 is 21.7 Å². The first-order valence-corrected chi connectivity index (χ1v) is 12.2. The lowest BCUT2D eigenvalue weighted by Gasteiger charge is -2.31. The molecule has 3 aromatic rings. The van der Waals surface area contributed by atoms with Crippen molar-refractivity contribution in [2.45, 2.75) is 37.6 Å². The summed E-state index contributed by atoms with van der Waals surface area (Å²) >= 11 is 0. The lowest BCUT2D eigenvalue weighted by Crippen LogP contribution is -2.38. The highest BCUT2D eigenvalue weighted by molar-refractivity contribution is 7.89. The van der Waals surface area contributed by atoms with Gasteiger partial charge >= 0.3 is 11.7 Å². The van der Waals surface area contributed by atoms with Crippen LogP contribution >= 0.6 is 0 Å². The van der Waals surface area contributed by atoms with Crippen molar-refractivity contribution in [3.63, 3.8) is 0 Å². The van der Waals surface area contributed by atoms with Gasteiger partial charge in [-0.05, 0) is 49.8 Å². The molecule has 2 heterocycles. The van der Waals surface area contributed by atoms with Crippen LogP contribution in [0.5, 0.6) is 0 Å². The van der Waals surface area contributed by atoms with Crippen molar-refractivity contribution in [3.8, 4) is 0 Å². The van der Waals surface area contributed by atoms with Crippen molar-refractivity contribution in [2.24, 2.45) is 5.92 Å². The normalized spacial score (nSPS) is 15.8. The minimum absolute atomic E-state index is 0.0727. The minimum atomic E-state index is -3.71. The Morgan fingerprint density at radius 3 is 2.53 bits per heavy atom. The smallest absolute Gasteiger partial charge is 0.420 e. The van der Waals surface area contributed by atoms with Crippen molar-refractivity contribution in [1.82, 2.24) is 8.87 Å². The summed E-state index contributed by atoms with van der Waals surface area (Å²) in [5.74, 6) is -0.849. The number of fused-ring (bicyclic) bond motifs is 1. The first-order valence-electron chi connectivity index (χ1n) is 10.7. The van der Waals surface area contributed by atoms with Gasteiger partial charge < -0.3 is 9.15 Å². The highest BCUT2D eigenvalue weighted by Gasteiger charge is 2.30. The molecule has 0 unspecified atom stereocenters. The van der Waals surface area contributed by atoms with Crippen LogP contribution in [0.25, 0.3) is 11.1 Å². The molecule has 2 aromatic carbocycles. The van der Waals surface area contributed by atoms with Crippen molar-refractivity contribution >= 4 is 27.1 Å². The summed E-state index contributed by atoms with van der Waals surface area (Å²) in [6.45, 7) is 2.49. The maximum absolute atomic E-state index is 13.2. The fourth-order valence-corrected chi connectivity index (χ4v) is 5.63. The van der Waals surface area contributed by atoms with Crippen LogP contribution in [0.1, 0.15) is 25.3 Å². The molecule has 1 aromatic heterocycles. The zero-order chi connectivity index (χ0) is 22.7. The molecule has 8 nitrogen and oxygen atoms in total. The molecule has 0 spiro atoms. The Bertz CT molecular complexity index is 1250. The van der Waals surface area contributed by atoms with Crippen molar-refractivity contribution < 1.29 is 22.4 Å². The van der Waals surface area contributed by atoms with E-state index in [4.69, 9.17) is 9.15 Å². The maximum atomic E-state index is 13.2. The average molecular weight is 459 g/mol. The predicted octanol–water partition coefficient (Wildman–Crippen LogP) is 2.80. The number of carbonyl (C=O) groups is 1. The molecule has 0 bridgehead atoms. The lowest BCUT2D eigenvalue weighted by atomic mass is 9.91. The van der Waals surface area contributed by atoms with Gasteiger partial charge in [0.1, 0.15) is 6.54 Å². The fourth-order valence-electron chi connectivity index (χ4n) is 4.14. The average Bonchev–Trinajstić information content (AvgIpc) is 3.09. The highest BCUT2D eigenvalue weighted by atomic mass is 32.2.